The minimum Gasteiger partial charge on any atom is -0.267 e. The first-order chi connectivity index (χ1) is 10.3. The fraction of sp³-hybridized carbons (Fsp3) is 0.111. The summed E-state index contributed by atoms with van der Waals surface area (Å²) >= 11 is 0. The molecule has 0 aromatic heterocycles. The lowest BCUT2D eigenvalue weighted by molar-refractivity contribution is -0.116. The van der Waals surface area contributed by atoms with Gasteiger partial charge in [-0.15, -0.1) is 0 Å². The average molecular weight is 276 g/mol. The highest BCUT2D eigenvalue weighted by Gasteiger charge is 2.24. The Morgan fingerprint density at radius 1 is 1.00 bits per heavy atom. The molecule has 0 fully saturated rings. The van der Waals surface area contributed by atoms with E-state index < -0.39 is 0 Å². The number of amides is 1. The van der Waals surface area contributed by atoms with E-state index in [1.165, 1.54) is 5.56 Å². The fourth-order valence-corrected chi connectivity index (χ4v) is 2.41. The molecule has 1 atom stereocenters. The highest BCUT2D eigenvalue weighted by atomic mass is 16.2. The molecule has 1 aliphatic heterocycles. The quantitative estimate of drug-likeness (QED) is 0.859. The van der Waals surface area contributed by atoms with E-state index in [9.17, 15) is 4.79 Å². The number of carbonyl (C=O) groups excluding carboxylic acids is 1. The molecule has 21 heavy (non-hydrogen) atoms. The van der Waals surface area contributed by atoms with Gasteiger partial charge in [0.25, 0.3) is 5.91 Å². The second-order valence-electron chi connectivity index (χ2n) is 5.05. The van der Waals surface area contributed by atoms with Crippen LogP contribution >= 0.6 is 0 Å². The standard InChI is InChI=1S/C18H16N2O/c1-13(14-8-4-2-5-9-14)12-16-17(19-20-18(16)21)15-10-6-3-7-11-15/h2-13H,1H3,(H,20,21)/b16-12-. The topological polar surface area (TPSA) is 41.5 Å². The van der Waals surface area contributed by atoms with Gasteiger partial charge in [0.1, 0.15) is 5.71 Å². The van der Waals surface area contributed by atoms with Gasteiger partial charge in [-0.25, -0.2) is 5.43 Å². The number of nitrogens with one attached hydrogen (secondary N) is 1. The Hall–Kier alpha value is -2.68. The minimum atomic E-state index is -0.142. The van der Waals surface area contributed by atoms with E-state index in [-0.39, 0.29) is 11.8 Å². The van der Waals surface area contributed by atoms with Crippen molar-refractivity contribution in [1.29, 1.82) is 0 Å². The van der Waals surface area contributed by atoms with Crippen LogP contribution in [0.1, 0.15) is 24.0 Å². The van der Waals surface area contributed by atoms with Crippen LogP contribution in [0, 0.1) is 0 Å². The predicted octanol–water partition coefficient (Wildman–Crippen LogP) is 3.25. The number of rotatable bonds is 3. The van der Waals surface area contributed by atoms with Crippen molar-refractivity contribution < 1.29 is 4.79 Å². The van der Waals surface area contributed by atoms with E-state index in [1.54, 1.807) is 0 Å². The van der Waals surface area contributed by atoms with Crippen LogP contribution in [-0.4, -0.2) is 11.6 Å². The lowest BCUT2D eigenvalue weighted by Crippen LogP contribution is -2.14. The third-order valence-electron chi connectivity index (χ3n) is 3.56. The maximum atomic E-state index is 12.0. The molecule has 1 aliphatic rings. The predicted molar refractivity (Wildman–Crippen MR) is 84.1 cm³/mol. The second kappa shape index (κ2) is 5.75. The molecule has 2 aromatic carbocycles. The first-order valence-electron chi connectivity index (χ1n) is 6.96. The van der Waals surface area contributed by atoms with Crippen molar-refractivity contribution in [2.75, 3.05) is 0 Å². The highest BCUT2D eigenvalue weighted by molar-refractivity contribution is 6.30. The molecule has 104 valence electrons. The van der Waals surface area contributed by atoms with Crippen LogP contribution in [0.5, 0.6) is 0 Å². The van der Waals surface area contributed by atoms with Crippen molar-refractivity contribution in [3.05, 3.63) is 83.4 Å². The van der Waals surface area contributed by atoms with Crippen molar-refractivity contribution in [1.82, 2.24) is 5.43 Å². The molecule has 0 saturated heterocycles. The SMILES string of the molecule is CC(/C=C1\C(=O)NN=C1c1ccccc1)c1ccccc1. The van der Waals surface area contributed by atoms with Crippen LogP contribution in [0.4, 0.5) is 0 Å². The molecule has 3 nitrogen and oxygen atoms in total. The molecule has 0 bridgehead atoms. The molecule has 3 heteroatoms. The normalized spacial score (nSPS) is 17.5. The van der Waals surface area contributed by atoms with Crippen molar-refractivity contribution in [3.63, 3.8) is 0 Å². The zero-order valence-electron chi connectivity index (χ0n) is 11.8. The minimum absolute atomic E-state index is 0.142. The number of allylic oxidation sites excluding steroid dienone is 1. The Bertz CT molecular complexity index is 703. The van der Waals surface area contributed by atoms with Gasteiger partial charge < -0.3 is 0 Å². The van der Waals surface area contributed by atoms with E-state index in [4.69, 9.17) is 0 Å². The summed E-state index contributed by atoms with van der Waals surface area (Å²) in [6, 6.07) is 19.9. The molecular formula is C18H16N2O. The Morgan fingerprint density at radius 2 is 1.62 bits per heavy atom. The van der Waals surface area contributed by atoms with E-state index >= 15 is 0 Å². The molecule has 1 N–H and O–H groups in total. The number of nitrogens with zero attached hydrogens (tertiary/aromatic N) is 1. The molecular weight excluding hydrogens is 260 g/mol. The summed E-state index contributed by atoms with van der Waals surface area (Å²) in [4.78, 5) is 12.0. The van der Waals surface area contributed by atoms with E-state index in [2.05, 4.69) is 29.6 Å². The summed E-state index contributed by atoms with van der Waals surface area (Å²) in [5, 5.41) is 4.16. The molecule has 0 spiro atoms. The third-order valence-corrected chi connectivity index (χ3v) is 3.56. The monoisotopic (exact) mass is 276 g/mol. The van der Waals surface area contributed by atoms with Crippen LogP contribution in [0.25, 0.3) is 0 Å². The van der Waals surface area contributed by atoms with Crippen molar-refractivity contribution in [2.45, 2.75) is 12.8 Å². The maximum Gasteiger partial charge on any atom is 0.273 e. The smallest absolute Gasteiger partial charge is 0.267 e. The summed E-state index contributed by atoms with van der Waals surface area (Å²) in [6.45, 7) is 2.08. The maximum absolute atomic E-state index is 12.0. The van der Waals surface area contributed by atoms with Gasteiger partial charge in [0.15, 0.2) is 0 Å². The number of benzene rings is 2. The van der Waals surface area contributed by atoms with Crippen molar-refractivity contribution in [3.8, 4) is 0 Å². The van der Waals surface area contributed by atoms with Gasteiger partial charge in [-0.2, -0.15) is 5.10 Å². The summed E-state index contributed by atoms with van der Waals surface area (Å²) in [5.74, 6) is 0.00981. The second-order valence-corrected chi connectivity index (χ2v) is 5.05. The molecule has 1 amide bonds. The summed E-state index contributed by atoms with van der Waals surface area (Å²) in [5.41, 5.74) is 6.03. The van der Waals surface area contributed by atoms with Gasteiger partial charge in [-0.05, 0) is 5.56 Å². The molecule has 0 saturated carbocycles. The Morgan fingerprint density at radius 3 is 2.29 bits per heavy atom. The number of hydrogen-bond acceptors (Lipinski definition) is 2. The first kappa shape index (κ1) is 13.3. The number of hydrogen-bond donors (Lipinski definition) is 1. The number of hydrazone groups is 1. The van der Waals surface area contributed by atoms with Gasteiger partial charge in [0, 0.05) is 11.5 Å². The fourth-order valence-electron chi connectivity index (χ4n) is 2.41. The van der Waals surface area contributed by atoms with Crippen molar-refractivity contribution >= 4 is 11.6 Å². The average Bonchev–Trinajstić information content (AvgIpc) is 2.90. The van der Waals surface area contributed by atoms with Gasteiger partial charge in [-0.1, -0.05) is 73.7 Å². The molecule has 3 rings (SSSR count). The van der Waals surface area contributed by atoms with E-state index in [1.807, 2.05) is 54.6 Å². The van der Waals surface area contributed by atoms with E-state index in [0.717, 1.165) is 5.56 Å². The van der Waals surface area contributed by atoms with Crippen molar-refractivity contribution in [2.24, 2.45) is 5.10 Å². The number of carbonyl (C=O) groups is 1. The summed E-state index contributed by atoms with van der Waals surface area (Å²) in [6.07, 6.45) is 1.98. The van der Waals surface area contributed by atoms with E-state index in [0.29, 0.717) is 11.3 Å². The summed E-state index contributed by atoms with van der Waals surface area (Å²) < 4.78 is 0. The Balaban J connectivity index is 1.94. The molecule has 2 aromatic rings. The highest BCUT2D eigenvalue weighted by Crippen LogP contribution is 2.22. The zero-order valence-corrected chi connectivity index (χ0v) is 11.8. The van der Waals surface area contributed by atoms with Crippen LogP contribution in [0.15, 0.2) is 77.4 Å². The van der Waals surface area contributed by atoms with Gasteiger partial charge in [0.2, 0.25) is 0 Å². The lowest BCUT2D eigenvalue weighted by Gasteiger charge is -2.08. The molecule has 1 unspecified atom stereocenters. The van der Waals surface area contributed by atoms with Crippen LogP contribution in [0.2, 0.25) is 0 Å². The third kappa shape index (κ3) is 2.77. The molecule has 1 heterocycles. The summed E-state index contributed by atoms with van der Waals surface area (Å²) in [7, 11) is 0. The lowest BCUT2D eigenvalue weighted by atomic mass is 9.94. The first-order valence-corrected chi connectivity index (χ1v) is 6.96. The largest absolute Gasteiger partial charge is 0.273 e. The van der Waals surface area contributed by atoms with Gasteiger partial charge in [0.05, 0.1) is 5.57 Å². The van der Waals surface area contributed by atoms with Gasteiger partial charge >= 0.3 is 0 Å². The molecule has 0 aliphatic carbocycles. The van der Waals surface area contributed by atoms with Crippen LogP contribution in [-0.2, 0) is 4.79 Å². The Kier molecular flexibility index (Phi) is 3.65. The zero-order chi connectivity index (χ0) is 14.7. The molecule has 0 radical (unpaired) electrons. The Labute approximate surface area is 124 Å². The van der Waals surface area contributed by atoms with Crippen LogP contribution in [0.3, 0.4) is 0 Å². The van der Waals surface area contributed by atoms with Gasteiger partial charge in [-0.3, -0.25) is 4.79 Å². The van der Waals surface area contributed by atoms with Crippen LogP contribution < -0.4 is 5.43 Å².